The molecule has 1 heterocycles. The largest absolute Gasteiger partial charge is 0.388 e. The van der Waals surface area contributed by atoms with Crippen molar-refractivity contribution >= 4 is 11.3 Å². The van der Waals surface area contributed by atoms with Crippen molar-refractivity contribution in [2.75, 3.05) is 6.61 Å². The Bertz CT molecular complexity index is 512. The molecule has 2 rings (SSSR count). The fourth-order valence-electron chi connectivity index (χ4n) is 2.12. The van der Waals surface area contributed by atoms with Crippen LogP contribution in [0.1, 0.15) is 48.7 Å². The summed E-state index contributed by atoms with van der Waals surface area (Å²) in [7, 11) is 0. The number of aliphatic hydroxyl groups excluding tert-OH is 1. The van der Waals surface area contributed by atoms with Gasteiger partial charge in [0.25, 0.3) is 0 Å². The number of nitrogens with zero attached hydrogens (tertiary/aromatic N) is 1. The van der Waals surface area contributed by atoms with E-state index in [-0.39, 0.29) is 6.10 Å². The highest BCUT2D eigenvalue weighted by atomic mass is 32.1. The highest BCUT2D eigenvalue weighted by Crippen LogP contribution is 2.26. The molecule has 0 radical (unpaired) electrons. The van der Waals surface area contributed by atoms with E-state index >= 15 is 0 Å². The van der Waals surface area contributed by atoms with Crippen LogP contribution in [0.15, 0.2) is 35.7 Å². The van der Waals surface area contributed by atoms with E-state index in [1.54, 1.807) is 11.3 Å². The third-order valence-electron chi connectivity index (χ3n) is 3.17. The van der Waals surface area contributed by atoms with Gasteiger partial charge in [-0.15, -0.1) is 11.3 Å². The van der Waals surface area contributed by atoms with Crippen molar-refractivity contribution in [1.29, 1.82) is 0 Å². The van der Waals surface area contributed by atoms with E-state index in [1.165, 1.54) is 0 Å². The topological polar surface area (TPSA) is 42.4 Å². The molecule has 0 saturated carbocycles. The summed E-state index contributed by atoms with van der Waals surface area (Å²) in [5, 5.41) is 13.2. The Morgan fingerprint density at radius 2 is 2.00 bits per heavy atom. The average molecular weight is 291 g/mol. The molecule has 0 spiro atoms. The Kier molecular flexibility index (Phi) is 5.71. The SMILES string of the molecule is CCOC(CC)c1nc(CC(O)c2ccccc2)cs1. The van der Waals surface area contributed by atoms with Gasteiger partial charge in [-0.05, 0) is 18.9 Å². The maximum absolute atomic E-state index is 10.2. The van der Waals surface area contributed by atoms with E-state index in [9.17, 15) is 5.11 Å². The number of aromatic nitrogens is 1. The zero-order valence-corrected chi connectivity index (χ0v) is 12.8. The van der Waals surface area contributed by atoms with Crippen LogP contribution >= 0.6 is 11.3 Å². The predicted molar refractivity (Wildman–Crippen MR) is 81.9 cm³/mol. The standard InChI is InChI=1S/C16H21NO2S/c1-3-15(19-4-2)16-17-13(11-20-16)10-14(18)12-8-6-5-7-9-12/h5-9,11,14-15,18H,3-4,10H2,1-2H3. The smallest absolute Gasteiger partial charge is 0.122 e. The summed E-state index contributed by atoms with van der Waals surface area (Å²) in [6, 6.07) is 9.70. The van der Waals surface area contributed by atoms with Gasteiger partial charge in [-0.1, -0.05) is 37.3 Å². The Morgan fingerprint density at radius 3 is 2.65 bits per heavy atom. The third kappa shape index (κ3) is 3.88. The van der Waals surface area contributed by atoms with Gasteiger partial charge in [-0.2, -0.15) is 0 Å². The van der Waals surface area contributed by atoms with Crippen molar-refractivity contribution in [3.8, 4) is 0 Å². The molecule has 0 bridgehead atoms. The lowest BCUT2D eigenvalue weighted by Gasteiger charge is -2.11. The number of hydrogen-bond donors (Lipinski definition) is 1. The molecule has 108 valence electrons. The number of thiazole rings is 1. The van der Waals surface area contributed by atoms with E-state index < -0.39 is 6.10 Å². The first-order valence-corrected chi connectivity index (χ1v) is 7.91. The van der Waals surface area contributed by atoms with Crippen molar-refractivity contribution in [2.24, 2.45) is 0 Å². The molecular formula is C16H21NO2S. The quantitative estimate of drug-likeness (QED) is 0.841. The van der Waals surface area contributed by atoms with Crippen molar-refractivity contribution in [2.45, 2.75) is 38.9 Å². The van der Waals surface area contributed by atoms with E-state index in [2.05, 4.69) is 11.9 Å². The lowest BCUT2D eigenvalue weighted by atomic mass is 10.1. The summed E-state index contributed by atoms with van der Waals surface area (Å²) >= 11 is 1.61. The lowest BCUT2D eigenvalue weighted by molar-refractivity contribution is 0.0594. The molecule has 0 aliphatic heterocycles. The van der Waals surface area contributed by atoms with Gasteiger partial charge in [0.1, 0.15) is 11.1 Å². The fraction of sp³-hybridized carbons (Fsp3) is 0.438. The first kappa shape index (κ1) is 15.2. The van der Waals surface area contributed by atoms with Gasteiger partial charge in [0, 0.05) is 18.4 Å². The number of benzene rings is 1. The second kappa shape index (κ2) is 7.53. The maximum atomic E-state index is 10.2. The molecule has 0 aliphatic carbocycles. The minimum atomic E-state index is -0.502. The Balaban J connectivity index is 2.02. The first-order valence-electron chi connectivity index (χ1n) is 7.03. The summed E-state index contributed by atoms with van der Waals surface area (Å²) in [6.07, 6.45) is 1.04. The minimum Gasteiger partial charge on any atom is -0.388 e. The maximum Gasteiger partial charge on any atom is 0.122 e. The summed E-state index contributed by atoms with van der Waals surface area (Å²) in [4.78, 5) is 4.60. The van der Waals surface area contributed by atoms with Gasteiger partial charge < -0.3 is 9.84 Å². The second-order valence-electron chi connectivity index (χ2n) is 4.66. The normalized spacial score (nSPS) is 14.2. The van der Waals surface area contributed by atoms with Gasteiger partial charge >= 0.3 is 0 Å². The number of rotatable bonds is 7. The molecule has 4 heteroatoms. The van der Waals surface area contributed by atoms with E-state index in [4.69, 9.17) is 4.74 Å². The predicted octanol–water partition coefficient (Wildman–Crippen LogP) is 3.91. The van der Waals surface area contributed by atoms with Crippen molar-refractivity contribution in [1.82, 2.24) is 4.98 Å². The zero-order valence-electron chi connectivity index (χ0n) is 12.0. The van der Waals surface area contributed by atoms with Gasteiger partial charge in [0.15, 0.2) is 0 Å². The van der Waals surface area contributed by atoms with Crippen molar-refractivity contribution in [3.05, 3.63) is 52.0 Å². The molecular weight excluding hydrogens is 270 g/mol. The zero-order chi connectivity index (χ0) is 14.4. The molecule has 3 nitrogen and oxygen atoms in total. The van der Waals surface area contributed by atoms with Gasteiger partial charge in [0.2, 0.25) is 0 Å². The van der Waals surface area contributed by atoms with Crippen LogP contribution in [0.25, 0.3) is 0 Å². The molecule has 1 N–H and O–H groups in total. The third-order valence-corrected chi connectivity index (χ3v) is 4.16. The molecule has 0 saturated heterocycles. The van der Waals surface area contributed by atoms with Crippen molar-refractivity contribution in [3.63, 3.8) is 0 Å². The Labute approximate surface area is 124 Å². The van der Waals surface area contributed by atoms with Gasteiger partial charge in [-0.3, -0.25) is 0 Å². The summed E-state index contributed by atoms with van der Waals surface area (Å²) < 4.78 is 5.67. The van der Waals surface area contributed by atoms with Crippen LogP contribution in [0.4, 0.5) is 0 Å². The van der Waals surface area contributed by atoms with Gasteiger partial charge in [0.05, 0.1) is 11.8 Å². The number of aliphatic hydroxyl groups is 1. The van der Waals surface area contributed by atoms with Crippen molar-refractivity contribution < 1.29 is 9.84 Å². The lowest BCUT2D eigenvalue weighted by Crippen LogP contribution is -2.04. The Hall–Kier alpha value is -1.23. The van der Waals surface area contributed by atoms with Crippen LogP contribution in [0.2, 0.25) is 0 Å². The summed E-state index contributed by atoms with van der Waals surface area (Å²) in [5.74, 6) is 0. The molecule has 1 aromatic heterocycles. The fourth-order valence-corrected chi connectivity index (χ4v) is 3.08. The average Bonchev–Trinajstić information content (AvgIpc) is 2.94. The number of hydrogen-bond acceptors (Lipinski definition) is 4. The molecule has 0 aliphatic rings. The van der Waals surface area contributed by atoms with Crippen LogP contribution in [0.5, 0.6) is 0 Å². The summed E-state index contributed by atoms with van der Waals surface area (Å²) in [5.41, 5.74) is 1.86. The highest BCUT2D eigenvalue weighted by molar-refractivity contribution is 7.09. The first-order chi connectivity index (χ1) is 9.74. The van der Waals surface area contributed by atoms with Crippen LogP contribution in [0, 0.1) is 0 Å². The molecule has 20 heavy (non-hydrogen) atoms. The monoisotopic (exact) mass is 291 g/mol. The molecule has 1 aromatic carbocycles. The highest BCUT2D eigenvalue weighted by Gasteiger charge is 2.16. The second-order valence-corrected chi connectivity index (χ2v) is 5.55. The Morgan fingerprint density at radius 1 is 1.25 bits per heavy atom. The molecule has 0 amide bonds. The van der Waals surface area contributed by atoms with Crippen LogP contribution < -0.4 is 0 Å². The molecule has 2 atom stereocenters. The molecule has 2 aromatic rings. The molecule has 2 unspecified atom stereocenters. The van der Waals surface area contributed by atoms with Gasteiger partial charge in [-0.25, -0.2) is 4.98 Å². The number of ether oxygens (including phenoxy) is 1. The van der Waals surface area contributed by atoms with Crippen LogP contribution in [0.3, 0.4) is 0 Å². The van der Waals surface area contributed by atoms with Crippen LogP contribution in [-0.4, -0.2) is 16.7 Å². The van der Waals surface area contributed by atoms with E-state index in [1.807, 2.05) is 42.6 Å². The van der Waals surface area contributed by atoms with Crippen LogP contribution in [-0.2, 0) is 11.2 Å². The molecule has 0 fully saturated rings. The van der Waals surface area contributed by atoms with E-state index in [0.29, 0.717) is 13.0 Å². The van der Waals surface area contributed by atoms with E-state index in [0.717, 1.165) is 22.7 Å². The summed E-state index contributed by atoms with van der Waals surface area (Å²) in [6.45, 7) is 4.79. The minimum absolute atomic E-state index is 0.0765.